The Kier molecular flexibility index (Phi) is 10.9. The Hall–Kier alpha value is -4.14. The van der Waals surface area contributed by atoms with Crippen LogP contribution in [0.3, 0.4) is 0 Å². The van der Waals surface area contributed by atoms with Gasteiger partial charge >= 0.3 is 14.2 Å². The minimum atomic E-state index is -1.90. The summed E-state index contributed by atoms with van der Waals surface area (Å²) in [7, 11) is -2.53. The average molecular weight is 703 g/mol. The number of rotatable bonds is 11. The number of unbranched alkanes of at least 4 members (excludes halogenated alkanes) is 1. The minimum Gasteiger partial charge on any atom is -0.457 e. The van der Waals surface area contributed by atoms with Crippen molar-refractivity contribution in [1.29, 1.82) is 0 Å². The first kappa shape index (κ1) is 34.3. The Balaban J connectivity index is 1.34. The molecule has 0 aliphatic carbocycles. The quantitative estimate of drug-likeness (QED) is 0.0993. The van der Waals surface area contributed by atoms with Crippen LogP contribution in [0.25, 0.3) is 21.9 Å². The van der Waals surface area contributed by atoms with E-state index in [1.54, 1.807) is 0 Å². The van der Waals surface area contributed by atoms with Gasteiger partial charge in [-0.25, -0.2) is 4.79 Å². The lowest BCUT2D eigenvalue weighted by atomic mass is 9.98. The number of hydrogen-bond donors (Lipinski definition) is 0. The van der Waals surface area contributed by atoms with Crippen LogP contribution in [-0.2, 0) is 17.8 Å². The molecule has 0 amide bonds. The summed E-state index contributed by atoms with van der Waals surface area (Å²) in [6.07, 6.45) is 5.75. The van der Waals surface area contributed by atoms with Crippen molar-refractivity contribution in [2.45, 2.75) is 70.8 Å². The van der Waals surface area contributed by atoms with E-state index in [0.29, 0.717) is 28.8 Å². The van der Waals surface area contributed by atoms with E-state index in [1.807, 2.05) is 43.3 Å². The van der Waals surface area contributed by atoms with Crippen LogP contribution in [-0.4, -0.2) is 12.3 Å². The van der Waals surface area contributed by atoms with E-state index in [1.165, 1.54) is 11.1 Å². The van der Waals surface area contributed by atoms with E-state index in [9.17, 15) is 4.79 Å². The van der Waals surface area contributed by atoms with Crippen molar-refractivity contribution in [2.75, 3.05) is 6.35 Å². The third-order valence-electron chi connectivity index (χ3n) is 9.59. The standard InChI is InChI=1S/C43H44O5P2/c1-4-5-17-35-24-30(2)25-36-37-26-31(3)27-38(43(44)45-28-32-15-9-6-10-16-32)42(37)48-50(47-41(35)36)46-29-49-39(33-18-11-7-12-19-33)22-23-40(49)34-20-13-8-14-21-34/h6-16,18-21,24-27,39-40H,4-5,17,22-23,28-29H2,1-3H3/t39-,40-,50?/m0/s1. The highest BCUT2D eigenvalue weighted by Crippen LogP contribution is 2.70. The molecule has 0 radical (unpaired) electrons. The van der Waals surface area contributed by atoms with Crippen molar-refractivity contribution in [3.63, 3.8) is 0 Å². The number of ether oxygens (including phenoxy) is 1. The lowest BCUT2D eigenvalue weighted by Crippen LogP contribution is -2.06. The van der Waals surface area contributed by atoms with Gasteiger partial charge in [0.15, 0.2) is 5.58 Å². The summed E-state index contributed by atoms with van der Waals surface area (Å²) >= 11 is 0. The minimum absolute atomic E-state index is 0.174. The maximum Gasteiger partial charge on any atom is 0.387 e. The second-order valence-electron chi connectivity index (χ2n) is 13.3. The van der Waals surface area contributed by atoms with Crippen molar-refractivity contribution in [3.05, 3.63) is 154 Å². The monoisotopic (exact) mass is 702 g/mol. The van der Waals surface area contributed by atoms with Gasteiger partial charge in [0.2, 0.25) is 0 Å². The van der Waals surface area contributed by atoms with Crippen LogP contribution in [0.5, 0.6) is 0 Å². The van der Waals surface area contributed by atoms with Crippen molar-refractivity contribution >= 4 is 44.1 Å². The van der Waals surface area contributed by atoms with Gasteiger partial charge in [-0.05, 0) is 91.1 Å². The molecule has 5 aromatic carbocycles. The summed E-state index contributed by atoms with van der Waals surface area (Å²) in [4.78, 5) is 13.8. The molecule has 1 aliphatic heterocycles. The zero-order chi connectivity index (χ0) is 34.5. The number of benzene rings is 5. The van der Waals surface area contributed by atoms with Gasteiger partial charge in [-0.3, -0.25) is 4.52 Å². The molecule has 0 spiro atoms. The topological polar surface area (TPSA) is 61.8 Å². The first-order valence-electron chi connectivity index (χ1n) is 17.6. The molecule has 0 saturated carbocycles. The smallest absolute Gasteiger partial charge is 0.387 e. The summed E-state index contributed by atoms with van der Waals surface area (Å²) in [5, 5.41) is 1.76. The highest BCUT2D eigenvalue weighted by atomic mass is 31.1. The molecule has 0 bridgehead atoms. The lowest BCUT2D eigenvalue weighted by molar-refractivity contribution is 0.0474. The Morgan fingerprint density at radius 2 is 1.30 bits per heavy atom. The van der Waals surface area contributed by atoms with E-state index in [-0.39, 0.29) is 6.61 Å². The zero-order valence-corrected chi connectivity index (χ0v) is 30.8. The fraction of sp³-hybridized carbons (Fsp3) is 0.279. The van der Waals surface area contributed by atoms with Crippen LogP contribution < -0.4 is 4.52 Å². The molecule has 1 aromatic heterocycles. The molecule has 3 atom stereocenters. The van der Waals surface area contributed by atoms with Gasteiger partial charge in [0.05, 0.1) is 6.35 Å². The van der Waals surface area contributed by atoms with E-state index in [4.69, 9.17) is 17.7 Å². The van der Waals surface area contributed by atoms with E-state index >= 15 is 0 Å². The molecule has 50 heavy (non-hydrogen) atoms. The predicted octanol–water partition coefficient (Wildman–Crippen LogP) is 12.8. The summed E-state index contributed by atoms with van der Waals surface area (Å²) in [5.74, 6) is -0.431. The summed E-state index contributed by atoms with van der Waals surface area (Å²) in [6, 6.07) is 39.8. The third-order valence-corrected chi connectivity index (χ3v) is 13.9. The summed E-state index contributed by atoms with van der Waals surface area (Å²) < 4.78 is 26.3. The van der Waals surface area contributed by atoms with Crippen LogP contribution in [0.15, 0.2) is 124 Å². The highest BCUT2D eigenvalue weighted by molar-refractivity contribution is 7.59. The third kappa shape index (κ3) is 7.62. The normalized spacial score (nSPS) is 16.6. The first-order valence-corrected chi connectivity index (χ1v) is 20.4. The second kappa shape index (κ2) is 15.8. The number of carbonyl (C=O) groups excluding carboxylic acids is 1. The van der Waals surface area contributed by atoms with Gasteiger partial charge in [0.25, 0.3) is 0 Å². The maximum atomic E-state index is 13.8. The Labute approximate surface area is 297 Å². The Morgan fingerprint density at radius 1 is 0.740 bits per heavy atom. The van der Waals surface area contributed by atoms with E-state index in [2.05, 4.69) is 92.7 Å². The molecule has 7 rings (SSSR count). The van der Waals surface area contributed by atoms with Crippen LogP contribution >= 0.6 is 16.2 Å². The fourth-order valence-corrected chi connectivity index (χ4v) is 11.8. The fourth-order valence-electron chi connectivity index (χ4n) is 7.18. The first-order chi connectivity index (χ1) is 24.5. The predicted molar refractivity (Wildman–Crippen MR) is 206 cm³/mol. The molecular formula is C43H44O5P2. The maximum absolute atomic E-state index is 13.8. The van der Waals surface area contributed by atoms with E-state index < -0.39 is 22.1 Å². The second-order valence-corrected chi connectivity index (χ2v) is 16.9. The van der Waals surface area contributed by atoms with Gasteiger partial charge in [0.1, 0.15) is 17.8 Å². The van der Waals surface area contributed by atoms with Gasteiger partial charge < -0.3 is 13.1 Å². The average Bonchev–Trinajstić information content (AvgIpc) is 3.51. The highest BCUT2D eigenvalue weighted by Gasteiger charge is 2.38. The van der Waals surface area contributed by atoms with Crippen LogP contribution in [0, 0.1) is 13.8 Å². The molecule has 0 N–H and O–H groups in total. The van der Waals surface area contributed by atoms with Crippen molar-refractivity contribution in [2.24, 2.45) is 0 Å². The number of esters is 1. The molecule has 1 aliphatic rings. The van der Waals surface area contributed by atoms with Crippen LogP contribution in [0.2, 0.25) is 0 Å². The molecule has 5 nitrogen and oxygen atoms in total. The molecule has 256 valence electrons. The Morgan fingerprint density at radius 3 is 1.92 bits per heavy atom. The Bertz CT molecular complexity index is 2060. The summed E-state index contributed by atoms with van der Waals surface area (Å²) in [5.41, 5.74) is 9.33. The van der Waals surface area contributed by atoms with Gasteiger partial charge in [-0.1, -0.05) is 118 Å². The van der Waals surface area contributed by atoms with Crippen molar-refractivity contribution < 1.29 is 22.4 Å². The molecule has 1 unspecified atom stereocenters. The summed E-state index contributed by atoms with van der Waals surface area (Å²) in [6.45, 7) is 6.49. The number of fused-ring (bicyclic) bond motifs is 3. The molecule has 7 heteroatoms. The van der Waals surface area contributed by atoms with Gasteiger partial charge in [-0.2, -0.15) is 0 Å². The molecular weight excluding hydrogens is 658 g/mol. The number of hydrogen-bond acceptors (Lipinski definition) is 5. The largest absolute Gasteiger partial charge is 0.457 e. The van der Waals surface area contributed by atoms with Crippen LogP contribution in [0.4, 0.5) is 0 Å². The van der Waals surface area contributed by atoms with E-state index in [0.717, 1.165) is 70.7 Å². The number of aryl methyl sites for hydroxylation is 3. The molecule has 6 aromatic rings. The lowest BCUT2D eigenvalue weighted by Gasteiger charge is -2.25. The van der Waals surface area contributed by atoms with Crippen molar-refractivity contribution in [1.82, 2.24) is 0 Å². The zero-order valence-electron chi connectivity index (χ0n) is 29.0. The molecule has 2 heterocycles. The van der Waals surface area contributed by atoms with Crippen LogP contribution in [0.1, 0.15) is 87.7 Å². The molecule has 1 fully saturated rings. The molecule has 1 saturated heterocycles. The SMILES string of the molecule is CCCCc1cc(C)cc2c1op(OCP1[C@H](c3ccccc3)CC[C@H]1c1ccccc1)oc1c(C(=O)OCc3ccccc3)cc(C)cc12. The number of carbonyl (C=O) groups is 1. The van der Waals surface area contributed by atoms with Gasteiger partial charge in [0, 0.05) is 22.1 Å². The van der Waals surface area contributed by atoms with Crippen molar-refractivity contribution in [3.8, 4) is 0 Å². The van der Waals surface area contributed by atoms with Gasteiger partial charge in [-0.15, -0.1) is 0 Å².